The van der Waals surface area contributed by atoms with Gasteiger partial charge < -0.3 is 15.1 Å². The zero-order valence-corrected chi connectivity index (χ0v) is 15.0. The Balaban J connectivity index is 1.54. The first-order valence-corrected chi connectivity index (χ1v) is 8.80. The fourth-order valence-corrected chi connectivity index (χ4v) is 3.11. The molecule has 0 aliphatic carbocycles. The number of piperazine rings is 1. The summed E-state index contributed by atoms with van der Waals surface area (Å²) in [4.78, 5) is 24.1. The quantitative estimate of drug-likeness (QED) is 0.888. The minimum Gasteiger partial charge on any atom is -0.370 e. The molecule has 2 heterocycles. The van der Waals surface area contributed by atoms with Gasteiger partial charge >= 0.3 is 0 Å². The van der Waals surface area contributed by atoms with E-state index in [9.17, 15) is 4.79 Å². The molecule has 0 atom stereocenters. The molecule has 1 aliphatic rings. The lowest BCUT2D eigenvalue weighted by Gasteiger charge is -2.34. The van der Waals surface area contributed by atoms with Crippen LogP contribution in [0, 0.1) is 0 Å². The Morgan fingerprint density at radius 2 is 2.00 bits per heavy atom. The van der Waals surface area contributed by atoms with Gasteiger partial charge in [0.05, 0.1) is 0 Å². The van der Waals surface area contributed by atoms with Crippen LogP contribution >= 0.6 is 11.6 Å². The van der Waals surface area contributed by atoms with Crippen LogP contribution in [0.25, 0.3) is 0 Å². The van der Waals surface area contributed by atoms with Crippen molar-refractivity contribution in [3.8, 4) is 0 Å². The summed E-state index contributed by atoms with van der Waals surface area (Å²) in [5.41, 5.74) is 1.19. The Morgan fingerprint density at radius 3 is 2.72 bits per heavy atom. The smallest absolute Gasteiger partial charge is 0.219 e. The molecule has 2 aromatic rings. The number of benzene rings is 1. The maximum absolute atomic E-state index is 11.4. The Bertz CT molecular complexity index is 731. The number of nitrogens with one attached hydrogen (secondary N) is 1. The number of anilines is 2. The summed E-state index contributed by atoms with van der Waals surface area (Å²) >= 11 is 6.01. The Labute approximate surface area is 152 Å². The van der Waals surface area contributed by atoms with Crippen LogP contribution in [-0.4, -0.2) is 53.5 Å². The molecule has 25 heavy (non-hydrogen) atoms. The SMILES string of the molecule is CC(=O)N1CCN(c2cc(NCCc3cccc(Cl)c3)ncn2)CC1. The van der Waals surface area contributed by atoms with Crippen molar-refractivity contribution in [2.45, 2.75) is 13.3 Å². The van der Waals surface area contributed by atoms with Crippen molar-refractivity contribution in [1.29, 1.82) is 0 Å². The largest absolute Gasteiger partial charge is 0.370 e. The normalized spacial score (nSPS) is 14.5. The van der Waals surface area contributed by atoms with Crippen molar-refractivity contribution >= 4 is 29.1 Å². The maximum atomic E-state index is 11.4. The molecule has 6 nitrogen and oxygen atoms in total. The highest BCUT2D eigenvalue weighted by Crippen LogP contribution is 2.17. The fourth-order valence-electron chi connectivity index (χ4n) is 2.89. The molecule has 3 rings (SSSR count). The molecule has 1 saturated heterocycles. The van der Waals surface area contributed by atoms with Crippen LogP contribution in [-0.2, 0) is 11.2 Å². The Kier molecular flexibility index (Phi) is 5.71. The molecule has 1 N–H and O–H groups in total. The first-order valence-electron chi connectivity index (χ1n) is 8.42. The third kappa shape index (κ3) is 4.82. The molecule has 0 saturated carbocycles. The second-order valence-corrected chi connectivity index (χ2v) is 6.50. The van der Waals surface area contributed by atoms with Crippen LogP contribution in [0.3, 0.4) is 0 Å². The van der Waals surface area contributed by atoms with Crippen molar-refractivity contribution in [3.05, 3.63) is 47.2 Å². The van der Waals surface area contributed by atoms with E-state index >= 15 is 0 Å². The zero-order chi connectivity index (χ0) is 17.6. The first kappa shape index (κ1) is 17.5. The number of rotatable bonds is 5. The highest BCUT2D eigenvalue weighted by Gasteiger charge is 2.19. The summed E-state index contributed by atoms with van der Waals surface area (Å²) in [5, 5.41) is 4.09. The second kappa shape index (κ2) is 8.16. The van der Waals surface area contributed by atoms with Gasteiger partial charge in [-0.25, -0.2) is 9.97 Å². The molecule has 0 unspecified atom stereocenters. The van der Waals surface area contributed by atoms with Gasteiger partial charge in [-0.05, 0) is 24.1 Å². The van der Waals surface area contributed by atoms with Crippen LogP contribution in [0.2, 0.25) is 5.02 Å². The molecule has 1 aromatic heterocycles. The van der Waals surface area contributed by atoms with E-state index in [1.165, 1.54) is 5.56 Å². The lowest BCUT2D eigenvalue weighted by atomic mass is 10.1. The average Bonchev–Trinajstić information content (AvgIpc) is 2.62. The van der Waals surface area contributed by atoms with E-state index in [1.54, 1.807) is 13.3 Å². The van der Waals surface area contributed by atoms with E-state index < -0.39 is 0 Å². The molecule has 132 valence electrons. The van der Waals surface area contributed by atoms with Gasteiger partial charge in [0.1, 0.15) is 18.0 Å². The molecule has 7 heteroatoms. The van der Waals surface area contributed by atoms with E-state index in [4.69, 9.17) is 11.6 Å². The topological polar surface area (TPSA) is 61.4 Å². The van der Waals surface area contributed by atoms with Crippen LogP contribution in [0.1, 0.15) is 12.5 Å². The van der Waals surface area contributed by atoms with Gasteiger partial charge in [0, 0.05) is 50.7 Å². The van der Waals surface area contributed by atoms with Crippen LogP contribution in [0.5, 0.6) is 0 Å². The fraction of sp³-hybridized carbons (Fsp3) is 0.389. The van der Waals surface area contributed by atoms with Crippen molar-refractivity contribution in [2.75, 3.05) is 42.9 Å². The number of halogens is 1. The molecule has 1 aliphatic heterocycles. The van der Waals surface area contributed by atoms with E-state index in [0.29, 0.717) is 0 Å². The number of amides is 1. The first-order chi connectivity index (χ1) is 12.1. The number of carbonyl (C=O) groups excluding carboxylic acids is 1. The van der Waals surface area contributed by atoms with Crippen LogP contribution < -0.4 is 10.2 Å². The number of hydrogen-bond donors (Lipinski definition) is 1. The van der Waals surface area contributed by atoms with Gasteiger partial charge in [-0.3, -0.25) is 4.79 Å². The maximum Gasteiger partial charge on any atom is 0.219 e. The van der Waals surface area contributed by atoms with Gasteiger partial charge in [-0.15, -0.1) is 0 Å². The van der Waals surface area contributed by atoms with Gasteiger partial charge in [-0.1, -0.05) is 23.7 Å². The molecule has 0 bridgehead atoms. The number of hydrogen-bond acceptors (Lipinski definition) is 5. The highest BCUT2D eigenvalue weighted by molar-refractivity contribution is 6.30. The van der Waals surface area contributed by atoms with E-state index in [-0.39, 0.29) is 5.91 Å². The molecular weight excluding hydrogens is 338 g/mol. The van der Waals surface area contributed by atoms with Crippen molar-refractivity contribution in [1.82, 2.24) is 14.9 Å². The van der Waals surface area contributed by atoms with Gasteiger partial charge in [0.2, 0.25) is 5.91 Å². The van der Waals surface area contributed by atoms with Crippen molar-refractivity contribution in [3.63, 3.8) is 0 Å². The minimum atomic E-state index is 0.130. The van der Waals surface area contributed by atoms with E-state index in [2.05, 4.69) is 26.3 Å². The van der Waals surface area contributed by atoms with Crippen molar-refractivity contribution in [2.24, 2.45) is 0 Å². The minimum absolute atomic E-state index is 0.130. The highest BCUT2D eigenvalue weighted by atomic mass is 35.5. The van der Waals surface area contributed by atoms with Crippen LogP contribution in [0.4, 0.5) is 11.6 Å². The standard InChI is InChI=1S/C18H22ClN5O/c1-14(25)23-7-9-24(10-8-23)18-12-17(21-13-22-18)20-6-5-15-3-2-4-16(19)11-15/h2-4,11-13H,5-10H2,1H3,(H,20,21,22). The summed E-state index contributed by atoms with van der Waals surface area (Å²) in [6.45, 7) is 5.43. The number of nitrogens with zero attached hydrogens (tertiary/aromatic N) is 4. The number of aromatic nitrogens is 2. The second-order valence-electron chi connectivity index (χ2n) is 6.06. The lowest BCUT2D eigenvalue weighted by molar-refractivity contribution is -0.129. The summed E-state index contributed by atoms with van der Waals surface area (Å²) in [5.74, 6) is 1.83. The third-order valence-corrected chi connectivity index (χ3v) is 4.55. The molecule has 0 spiro atoms. The molecular formula is C18H22ClN5O. The Hall–Kier alpha value is -2.34. The predicted octanol–water partition coefficient (Wildman–Crippen LogP) is 2.45. The Morgan fingerprint density at radius 1 is 1.20 bits per heavy atom. The monoisotopic (exact) mass is 359 g/mol. The van der Waals surface area contributed by atoms with Gasteiger partial charge in [0.25, 0.3) is 0 Å². The molecule has 1 amide bonds. The summed E-state index contributed by atoms with van der Waals surface area (Å²) in [6.07, 6.45) is 2.45. The van der Waals surface area contributed by atoms with Crippen LogP contribution in [0.15, 0.2) is 36.7 Å². The third-order valence-electron chi connectivity index (χ3n) is 4.31. The van der Waals surface area contributed by atoms with Gasteiger partial charge in [0.15, 0.2) is 0 Å². The molecule has 0 radical (unpaired) electrons. The lowest BCUT2D eigenvalue weighted by Crippen LogP contribution is -2.48. The molecule has 1 aromatic carbocycles. The van der Waals surface area contributed by atoms with E-state index in [0.717, 1.165) is 55.8 Å². The summed E-state index contributed by atoms with van der Waals surface area (Å²) in [6, 6.07) is 9.83. The zero-order valence-electron chi connectivity index (χ0n) is 14.3. The molecule has 1 fully saturated rings. The summed E-state index contributed by atoms with van der Waals surface area (Å²) in [7, 11) is 0. The van der Waals surface area contributed by atoms with Gasteiger partial charge in [-0.2, -0.15) is 0 Å². The average molecular weight is 360 g/mol. The summed E-state index contributed by atoms with van der Waals surface area (Å²) < 4.78 is 0. The number of carbonyl (C=O) groups is 1. The predicted molar refractivity (Wildman–Crippen MR) is 100 cm³/mol. The van der Waals surface area contributed by atoms with E-state index in [1.807, 2.05) is 29.2 Å². The van der Waals surface area contributed by atoms with Crippen molar-refractivity contribution < 1.29 is 4.79 Å².